The van der Waals surface area contributed by atoms with Crippen molar-refractivity contribution in [1.29, 1.82) is 0 Å². The molecule has 9 nitrogen and oxygen atoms in total. The van der Waals surface area contributed by atoms with Crippen LogP contribution in [0.1, 0.15) is 16.7 Å². The van der Waals surface area contributed by atoms with E-state index in [0.717, 1.165) is 43.5 Å². The number of benzene rings is 17. The SMILES string of the molecule is Brc1ccc(Br)s1.COc1cc(B(O)O)ccc1C.COc1ccc(-c2ccc(-c3ccc(C)c(C)c3)s2)cc1OC.Oc1ccc(-c2ccc(-c3ccc(O)c(O)c3)s2)cc1O.[Pd].c1ccc(P(c2ccccc2)c2ccccc2)cc1.c1ccc(P(c2ccccc2)c2ccccc2)cc1.c1ccc(P(c2ccccc2)c2ccccc2)cc1.c1ccc(P(c2ccccc2)c2ccccc2)cc1. The number of methoxy groups -OCH3 is 3. The van der Waals surface area contributed by atoms with Gasteiger partial charge in [-0.3, -0.25) is 0 Å². The minimum absolute atomic E-state index is 0. The fourth-order valence-electron chi connectivity index (χ4n) is 14.5. The number of phenols is 4. The Morgan fingerprint density at radius 1 is 0.214 bits per heavy atom. The molecule has 140 heavy (non-hydrogen) atoms. The van der Waals surface area contributed by atoms with Crippen LogP contribution in [0, 0.1) is 20.8 Å². The Kier molecular flexibility index (Phi) is 42.9. The molecule has 0 aliphatic heterocycles. The molecule has 6 N–H and O–H groups in total. The van der Waals surface area contributed by atoms with Crippen LogP contribution >= 0.6 is 97.6 Å². The Labute approximate surface area is 870 Å². The van der Waals surface area contributed by atoms with Gasteiger partial charge in [-0.05, 0) is 289 Å². The van der Waals surface area contributed by atoms with Gasteiger partial charge in [0.05, 0.1) is 28.9 Å². The van der Waals surface area contributed by atoms with Crippen molar-refractivity contribution in [2.45, 2.75) is 20.8 Å². The van der Waals surface area contributed by atoms with Crippen molar-refractivity contribution < 1.29 is 65.1 Å². The molecule has 0 radical (unpaired) electrons. The summed E-state index contributed by atoms with van der Waals surface area (Å²) in [5.41, 5.74) is 8.06. The molecule has 0 atom stereocenters. The van der Waals surface area contributed by atoms with E-state index in [9.17, 15) is 20.4 Å². The second kappa shape index (κ2) is 56.3. The van der Waals surface area contributed by atoms with Gasteiger partial charge in [-0.2, -0.15) is 0 Å². The number of rotatable bonds is 20. The zero-order valence-corrected chi connectivity index (χ0v) is 88.6. The van der Waals surface area contributed by atoms with Gasteiger partial charge in [0.25, 0.3) is 0 Å². The average molecular weight is 2190 g/mol. The van der Waals surface area contributed by atoms with Crippen LogP contribution in [-0.4, -0.2) is 58.9 Å². The molecule has 704 valence electrons. The zero-order valence-electron chi connectivity index (χ0n) is 77.8. The minimum atomic E-state index is -1.43. The normalized spacial score (nSPS) is 10.4. The number of aromatic hydroxyl groups is 4. The average Bonchev–Trinajstić information content (AvgIpc) is 1.58. The van der Waals surface area contributed by atoms with Crippen LogP contribution in [0.25, 0.3) is 41.8 Å². The second-order valence-corrected chi connectivity index (χ2v) is 46.0. The monoisotopic (exact) mass is 2180 g/mol. The Bertz CT molecular complexity index is 6120. The maximum atomic E-state index is 9.55. The second-order valence-electron chi connectivity index (χ2n) is 31.1. The maximum Gasteiger partial charge on any atom is 0.488 e. The number of ether oxygens (including phenoxy) is 3. The summed E-state index contributed by atoms with van der Waals surface area (Å²) in [7, 11) is 1.65. The van der Waals surface area contributed by atoms with Crippen LogP contribution in [0.2, 0.25) is 0 Å². The molecule has 0 fully saturated rings. The van der Waals surface area contributed by atoms with Gasteiger partial charge < -0.3 is 44.7 Å². The number of phenolic OH excluding ortho intramolecular Hbond substituents is 4. The van der Waals surface area contributed by atoms with Crippen LogP contribution < -0.4 is 83.3 Å². The molecule has 20 aromatic rings. The molecule has 20 heteroatoms. The molecular weight excluding hydrogens is 2080 g/mol. The summed E-state index contributed by atoms with van der Waals surface area (Å²) >= 11 is 11.6. The number of hydrogen-bond donors (Lipinski definition) is 6. The first-order valence-corrected chi connectivity index (χ1v) is 54.1. The largest absolute Gasteiger partial charge is 0.504 e. The molecule has 0 aliphatic carbocycles. The first kappa shape index (κ1) is 107. The van der Waals surface area contributed by atoms with Gasteiger partial charge in [0.2, 0.25) is 0 Å². The summed E-state index contributed by atoms with van der Waals surface area (Å²) < 4.78 is 18.0. The molecule has 17 aromatic carbocycles. The first-order chi connectivity index (χ1) is 67.9. The summed E-state index contributed by atoms with van der Waals surface area (Å²) in [5, 5.41) is 72.2. The van der Waals surface area contributed by atoms with E-state index >= 15 is 0 Å². The summed E-state index contributed by atoms with van der Waals surface area (Å²) in [5.74, 6) is 1.54. The van der Waals surface area contributed by atoms with Crippen molar-refractivity contribution in [2.75, 3.05) is 21.3 Å². The molecule has 0 bridgehead atoms. The fraction of sp³-hybridized carbons (Fsp3) is 0.0500. The molecule has 20 rings (SSSR count). The first-order valence-electron chi connectivity index (χ1n) is 44.7. The van der Waals surface area contributed by atoms with E-state index in [-0.39, 0.29) is 43.4 Å². The molecule has 0 aliphatic rings. The van der Waals surface area contributed by atoms with Crippen LogP contribution in [-0.2, 0) is 20.4 Å². The minimum Gasteiger partial charge on any atom is -0.504 e. The van der Waals surface area contributed by atoms with Gasteiger partial charge in [-0.25, -0.2) is 0 Å². The van der Waals surface area contributed by atoms with E-state index in [4.69, 9.17) is 24.3 Å². The third kappa shape index (κ3) is 31.4. The van der Waals surface area contributed by atoms with Gasteiger partial charge in [-0.1, -0.05) is 394 Å². The molecule has 0 saturated heterocycles. The summed E-state index contributed by atoms with van der Waals surface area (Å²) in [6.07, 6.45) is 0. The molecule has 3 aromatic heterocycles. The molecule has 0 saturated carbocycles. The zero-order chi connectivity index (χ0) is 97.5. The van der Waals surface area contributed by atoms with Crippen molar-refractivity contribution >= 4 is 174 Å². The van der Waals surface area contributed by atoms with E-state index in [1.807, 2.05) is 43.3 Å². The van der Waals surface area contributed by atoms with Crippen molar-refractivity contribution in [3.8, 4) is 82.0 Å². The molecule has 3 heterocycles. The van der Waals surface area contributed by atoms with Gasteiger partial charge in [0.15, 0.2) is 34.5 Å². The standard InChI is InChI=1S/C20H20O2S.4C18H15P.C16H12O4S.C8H11BO3.C4H2Br2S.Pd/c1-13-5-6-15(11-14(13)2)19-9-10-20(23-19)16-7-8-17(21-3)18(12-16)22-4;4*1-4-10-16(11-5-1)19(17-12-6-2-7-13-17)18-14-8-3-9-15-18;17-11-3-1-9(7-13(11)19)15-5-6-16(21-15)10-2-4-12(18)14(20)8-10;1-6-3-4-7(9(10)11)5-8(6)12-2;5-3-1-2-4(6)7-3;/h5-12H,1-4H3;4*1-15H;1-8,17-20H;3-5,10-11H,1-2H3;1-2H;. The van der Waals surface area contributed by atoms with Crippen molar-refractivity contribution in [1.82, 2.24) is 0 Å². The van der Waals surface area contributed by atoms with Crippen molar-refractivity contribution in [2.24, 2.45) is 0 Å². The van der Waals surface area contributed by atoms with Crippen LogP contribution in [0.5, 0.6) is 40.2 Å². The Hall–Kier alpha value is -12.2. The van der Waals surface area contributed by atoms with E-state index in [0.29, 0.717) is 11.2 Å². The third-order valence-corrected chi connectivity index (χ3v) is 35.9. The van der Waals surface area contributed by atoms with Crippen LogP contribution in [0.3, 0.4) is 0 Å². The van der Waals surface area contributed by atoms with Crippen molar-refractivity contribution in [3.63, 3.8) is 0 Å². The molecule has 0 spiro atoms. The van der Waals surface area contributed by atoms with Gasteiger partial charge in [0.1, 0.15) is 5.75 Å². The Morgan fingerprint density at radius 2 is 0.443 bits per heavy atom. The van der Waals surface area contributed by atoms with Crippen molar-refractivity contribution in [3.05, 3.63) is 516 Å². The van der Waals surface area contributed by atoms with E-state index in [1.54, 1.807) is 74.3 Å². The number of hydrogen-bond acceptors (Lipinski definition) is 12. The molecule has 0 unspecified atom stereocenters. The van der Waals surface area contributed by atoms with Gasteiger partial charge in [-0.15, -0.1) is 34.0 Å². The predicted octanol–water partition coefficient (Wildman–Crippen LogP) is 26.4. The smallest absolute Gasteiger partial charge is 0.488 e. The van der Waals surface area contributed by atoms with Crippen LogP contribution in [0.4, 0.5) is 0 Å². The summed E-state index contributed by atoms with van der Waals surface area (Å²) in [4.78, 5) is 4.35. The number of halogens is 2. The Balaban J connectivity index is 0.000000145. The topological polar surface area (TPSA) is 149 Å². The molecule has 0 amide bonds. The summed E-state index contributed by atoms with van der Waals surface area (Å²) in [6, 6.07) is 168. The third-order valence-electron chi connectivity index (χ3n) is 21.6. The van der Waals surface area contributed by atoms with Crippen LogP contribution in [0.15, 0.2) is 499 Å². The maximum absolute atomic E-state index is 9.55. The summed E-state index contributed by atoms with van der Waals surface area (Å²) in [6.45, 7) is 6.19. The quantitative estimate of drug-likeness (QED) is 0.0249. The molecular formula is C120H105BBr2O9P4PdS3. The van der Waals surface area contributed by atoms with E-state index < -0.39 is 38.8 Å². The van der Waals surface area contributed by atoms with Gasteiger partial charge in [0, 0.05) is 39.9 Å². The number of aryl methyl sites for hydroxylation is 3. The Morgan fingerprint density at radius 3 is 0.664 bits per heavy atom. The van der Waals surface area contributed by atoms with E-state index in [1.165, 1.54) is 133 Å². The van der Waals surface area contributed by atoms with Gasteiger partial charge >= 0.3 is 7.12 Å². The fourth-order valence-corrected chi connectivity index (χ4v) is 28.2. The van der Waals surface area contributed by atoms with E-state index in [2.05, 4.69) is 446 Å². The predicted molar refractivity (Wildman–Crippen MR) is 607 cm³/mol. The number of thiophene rings is 3.